The maximum Gasteiger partial charge on any atom is 0.256 e. The fourth-order valence-electron chi connectivity index (χ4n) is 3.56. The van der Waals surface area contributed by atoms with Crippen LogP contribution in [0, 0.1) is 12.8 Å². The van der Waals surface area contributed by atoms with Crippen molar-refractivity contribution in [1.82, 2.24) is 19.8 Å². The van der Waals surface area contributed by atoms with Gasteiger partial charge in [-0.15, -0.1) is 0 Å². The minimum atomic E-state index is -0.105. The number of aryl methyl sites for hydroxylation is 1. The zero-order valence-corrected chi connectivity index (χ0v) is 13.4. The van der Waals surface area contributed by atoms with Crippen molar-refractivity contribution in [3.8, 4) is 0 Å². The lowest BCUT2D eigenvalue weighted by molar-refractivity contribution is -0.132. The number of nitrogens with zero attached hydrogens (tertiary/aromatic N) is 3. The standard InChI is InChI=1S/C16H24N4O2/c1-11-17-14-10-20(9-13(14)16(22)18-11)15(21)6-5-12-4-3-7-19(2)8-12/h12H,3-10H2,1-2H3,(H,17,18,22)/t12-/m0/s1. The SMILES string of the molecule is Cc1nc2c(c(=O)[nH]1)CN(C(=O)CC[C@@H]1CCCN(C)C1)C2. The summed E-state index contributed by atoms with van der Waals surface area (Å²) in [5, 5.41) is 0. The van der Waals surface area contributed by atoms with Crippen molar-refractivity contribution in [2.45, 2.75) is 45.7 Å². The monoisotopic (exact) mass is 304 g/mol. The maximum absolute atomic E-state index is 12.4. The van der Waals surface area contributed by atoms with Crippen molar-refractivity contribution >= 4 is 5.91 Å². The smallest absolute Gasteiger partial charge is 0.256 e. The Hall–Kier alpha value is -1.69. The third kappa shape index (κ3) is 3.21. The molecule has 2 aliphatic rings. The van der Waals surface area contributed by atoms with Gasteiger partial charge in [0.1, 0.15) is 5.82 Å². The van der Waals surface area contributed by atoms with Gasteiger partial charge in [-0.1, -0.05) is 0 Å². The molecule has 3 rings (SSSR count). The first-order chi connectivity index (χ1) is 10.5. The van der Waals surface area contributed by atoms with Crippen LogP contribution >= 0.6 is 0 Å². The molecule has 3 heterocycles. The van der Waals surface area contributed by atoms with Crippen molar-refractivity contribution in [1.29, 1.82) is 0 Å². The minimum Gasteiger partial charge on any atom is -0.332 e. The third-order valence-electron chi connectivity index (χ3n) is 4.75. The van der Waals surface area contributed by atoms with Crippen LogP contribution in [0.15, 0.2) is 4.79 Å². The van der Waals surface area contributed by atoms with Crippen LogP contribution in [0.4, 0.5) is 0 Å². The summed E-state index contributed by atoms with van der Waals surface area (Å²) in [4.78, 5) is 35.5. The Labute approximate surface area is 130 Å². The highest BCUT2D eigenvalue weighted by Crippen LogP contribution is 2.23. The number of fused-ring (bicyclic) bond motifs is 1. The molecule has 0 saturated carbocycles. The number of nitrogens with one attached hydrogen (secondary N) is 1. The summed E-state index contributed by atoms with van der Waals surface area (Å²) in [7, 11) is 2.14. The molecular weight excluding hydrogens is 280 g/mol. The number of carbonyl (C=O) groups excluding carboxylic acids is 1. The molecule has 120 valence electrons. The summed E-state index contributed by atoms with van der Waals surface area (Å²) in [5.41, 5.74) is 1.30. The van der Waals surface area contributed by atoms with E-state index in [1.807, 2.05) is 0 Å². The average Bonchev–Trinajstić information content (AvgIpc) is 2.89. The molecule has 1 aromatic heterocycles. The van der Waals surface area contributed by atoms with Crippen LogP contribution in [0.3, 0.4) is 0 Å². The van der Waals surface area contributed by atoms with Crippen molar-refractivity contribution < 1.29 is 4.79 Å². The topological polar surface area (TPSA) is 69.3 Å². The predicted octanol–water partition coefficient (Wildman–Crippen LogP) is 1.04. The van der Waals surface area contributed by atoms with Crippen LogP contribution in [0.25, 0.3) is 0 Å². The second-order valence-corrected chi connectivity index (χ2v) is 6.64. The summed E-state index contributed by atoms with van der Waals surface area (Å²) >= 11 is 0. The van der Waals surface area contributed by atoms with E-state index in [4.69, 9.17) is 0 Å². The van der Waals surface area contributed by atoms with E-state index in [0.717, 1.165) is 18.7 Å². The largest absolute Gasteiger partial charge is 0.332 e. The minimum absolute atomic E-state index is 0.105. The first-order valence-electron chi connectivity index (χ1n) is 8.08. The van der Waals surface area contributed by atoms with E-state index < -0.39 is 0 Å². The lowest BCUT2D eigenvalue weighted by Crippen LogP contribution is -2.33. The number of aromatic amines is 1. The van der Waals surface area contributed by atoms with Gasteiger partial charge in [-0.05, 0) is 45.7 Å². The Morgan fingerprint density at radius 2 is 2.23 bits per heavy atom. The lowest BCUT2D eigenvalue weighted by atomic mass is 9.93. The zero-order chi connectivity index (χ0) is 15.7. The number of piperidine rings is 1. The Morgan fingerprint density at radius 1 is 1.41 bits per heavy atom. The fourth-order valence-corrected chi connectivity index (χ4v) is 3.56. The summed E-state index contributed by atoms with van der Waals surface area (Å²) in [6.45, 7) is 4.91. The highest BCUT2D eigenvalue weighted by Gasteiger charge is 2.27. The third-order valence-corrected chi connectivity index (χ3v) is 4.75. The van der Waals surface area contributed by atoms with E-state index in [-0.39, 0.29) is 11.5 Å². The molecule has 0 bridgehead atoms. The van der Waals surface area contributed by atoms with Crippen molar-refractivity contribution in [3.05, 3.63) is 27.4 Å². The molecular formula is C16H24N4O2. The van der Waals surface area contributed by atoms with Gasteiger partial charge in [-0.3, -0.25) is 9.59 Å². The van der Waals surface area contributed by atoms with Gasteiger partial charge < -0.3 is 14.8 Å². The van der Waals surface area contributed by atoms with Crippen molar-refractivity contribution in [2.75, 3.05) is 20.1 Å². The number of hydrogen-bond donors (Lipinski definition) is 1. The van der Waals surface area contributed by atoms with Crippen LogP contribution < -0.4 is 5.56 Å². The number of carbonyl (C=O) groups is 1. The second-order valence-electron chi connectivity index (χ2n) is 6.64. The van der Waals surface area contributed by atoms with E-state index in [1.54, 1.807) is 11.8 Å². The highest BCUT2D eigenvalue weighted by molar-refractivity contribution is 5.76. The number of hydrogen-bond acceptors (Lipinski definition) is 4. The molecule has 1 amide bonds. The zero-order valence-electron chi connectivity index (χ0n) is 13.4. The first-order valence-corrected chi connectivity index (χ1v) is 8.08. The molecule has 0 aliphatic carbocycles. The molecule has 0 radical (unpaired) electrons. The van der Waals surface area contributed by atoms with Crippen LogP contribution in [-0.2, 0) is 17.9 Å². The number of amides is 1. The molecule has 6 nitrogen and oxygen atoms in total. The molecule has 0 unspecified atom stereocenters. The molecule has 0 spiro atoms. The molecule has 1 atom stereocenters. The van der Waals surface area contributed by atoms with Gasteiger partial charge in [-0.25, -0.2) is 4.98 Å². The Kier molecular flexibility index (Phi) is 4.29. The van der Waals surface area contributed by atoms with Gasteiger partial charge in [0.2, 0.25) is 5.91 Å². The molecule has 0 aromatic carbocycles. The highest BCUT2D eigenvalue weighted by atomic mass is 16.2. The number of rotatable bonds is 3. The molecule has 1 N–H and O–H groups in total. The molecule has 1 fully saturated rings. The van der Waals surface area contributed by atoms with Gasteiger partial charge in [0.25, 0.3) is 5.56 Å². The van der Waals surface area contributed by atoms with E-state index in [9.17, 15) is 9.59 Å². The van der Waals surface area contributed by atoms with Gasteiger partial charge in [0.05, 0.1) is 24.3 Å². The van der Waals surface area contributed by atoms with E-state index in [2.05, 4.69) is 21.9 Å². The summed E-state index contributed by atoms with van der Waals surface area (Å²) in [6, 6.07) is 0. The summed E-state index contributed by atoms with van der Waals surface area (Å²) in [6.07, 6.45) is 3.96. The van der Waals surface area contributed by atoms with Crippen LogP contribution in [0.5, 0.6) is 0 Å². The van der Waals surface area contributed by atoms with Gasteiger partial charge in [0.15, 0.2) is 0 Å². The summed E-state index contributed by atoms with van der Waals surface area (Å²) in [5.74, 6) is 1.38. The van der Waals surface area contributed by atoms with Crippen LogP contribution in [-0.4, -0.2) is 45.8 Å². The van der Waals surface area contributed by atoms with Gasteiger partial charge >= 0.3 is 0 Å². The molecule has 6 heteroatoms. The van der Waals surface area contributed by atoms with E-state index in [1.165, 1.54) is 19.4 Å². The molecule has 1 saturated heterocycles. The Bertz CT molecular complexity index is 625. The normalized spacial score (nSPS) is 21.9. The Morgan fingerprint density at radius 3 is 3.00 bits per heavy atom. The van der Waals surface area contributed by atoms with E-state index in [0.29, 0.717) is 36.8 Å². The van der Waals surface area contributed by atoms with Crippen molar-refractivity contribution in [2.24, 2.45) is 5.92 Å². The number of aromatic nitrogens is 2. The fraction of sp³-hybridized carbons (Fsp3) is 0.688. The van der Waals surface area contributed by atoms with Gasteiger partial charge in [-0.2, -0.15) is 0 Å². The maximum atomic E-state index is 12.4. The predicted molar refractivity (Wildman–Crippen MR) is 83.3 cm³/mol. The summed E-state index contributed by atoms with van der Waals surface area (Å²) < 4.78 is 0. The molecule has 22 heavy (non-hydrogen) atoms. The lowest BCUT2D eigenvalue weighted by Gasteiger charge is -2.29. The van der Waals surface area contributed by atoms with Gasteiger partial charge in [0, 0.05) is 13.0 Å². The first kappa shape index (κ1) is 15.2. The number of H-pyrrole nitrogens is 1. The Balaban J connectivity index is 1.56. The van der Waals surface area contributed by atoms with Crippen LogP contribution in [0.1, 0.15) is 42.8 Å². The molecule has 2 aliphatic heterocycles. The molecule has 1 aromatic rings. The average molecular weight is 304 g/mol. The second kappa shape index (κ2) is 6.20. The van der Waals surface area contributed by atoms with E-state index >= 15 is 0 Å². The quantitative estimate of drug-likeness (QED) is 0.906. The number of likely N-dealkylation sites (tertiary alicyclic amines) is 1. The van der Waals surface area contributed by atoms with Crippen molar-refractivity contribution in [3.63, 3.8) is 0 Å². The van der Waals surface area contributed by atoms with Crippen LogP contribution in [0.2, 0.25) is 0 Å².